The number of piperazine rings is 1. The van der Waals surface area contributed by atoms with Gasteiger partial charge in [-0.1, -0.05) is 11.6 Å². The molecular weight excluding hydrogens is 444 g/mol. The van der Waals surface area contributed by atoms with Crippen molar-refractivity contribution in [3.8, 4) is 10.6 Å². The summed E-state index contributed by atoms with van der Waals surface area (Å²) in [7, 11) is -3.59. The maximum Gasteiger partial charge on any atom is 0.243 e. The molecular formula is C20H19ClN4O3S2. The predicted octanol–water partition coefficient (Wildman–Crippen LogP) is 2.93. The van der Waals surface area contributed by atoms with Gasteiger partial charge in [-0.25, -0.2) is 13.4 Å². The third-order valence-electron chi connectivity index (χ3n) is 4.84. The first kappa shape index (κ1) is 20.9. The second kappa shape index (κ2) is 8.81. The topological polar surface area (TPSA) is 83.5 Å². The Hall–Kier alpha value is -2.33. The summed E-state index contributed by atoms with van der Waals surface area (Å²) < 4.78 is 26.9. The Bertz CT molecular complexity index is 1130. The summed E-state index contributed by atoms with van der Waals surface area (Å²) in [5.74, 6) is -0.0541. The summed E-state index contributed by atoms with van der Waals surface area (Å²) in [5.41, 5.74) is 1.63. The molecule has 30 heavy (non-hydrogen) atoms. The highest BCUT2D eigenvalue weighted by Gasteiger charge is 2.30. The smallest absolute Gasteiger partial charge is 0.243 e. The fraction of sp³-hybridized carbons (Fsp3) is 0.250. The third kappa shape index (κ3) is 4.54. The predicted molar refractivity (Wildman–Crippen MR) is 116 cm³/mol. The lowest BCUT2D eigenvalue weighted by molar-refractivity contribution is -0.131. The summed E-state index contributed by atoms with van der Waals surface area (Å²) in [5, 5.41) is 3.18. The van der Waals surface area contributed by atoms with E-state index in [1.54, 1.807) is 29.4 Å². The van der Waals surface area contributed by atoms with Crippen LogP contribution in [0.4, 0.5) is 0 Å². The van der Waals surface area contributed by atoms with Gasteiger partial charge in [-0.2, -0.15) is 4.31 Å². The van der Waals surface area contributed by atoms with Crippen molar-refractivity contribution in [2.75, 3.05) is 26.2 Å². The van der Waals surface area contributed by atoms with Crippen molar-refractivity contribution in [2.24, 2.45) is 0 Å². The maximum absolute atomic E-state index is 12.8. The van der Waals surface area contributed by atoms with Crippen LogP contribution in [0.2, 0.25) is 5.02 Å². The molecule has 0 atom stereocenters. The molecule has 1 aliphatic rings. The number of sulfonamides is 1. The molecule has 3 heterocycles. The Labute approximate surface area is 184 Å². The molecule has 156 valence electrons. The minimum atomic E-state index is -3.59. The van der Waals surface area contributed by atoms with Gasteiger partial charge in [-0.3, -0.25) is 9.78 Å². The molecule has 0 N–H and O–H groups in total. The fourth-order valence-corrected chi connectivity index (χ4v) is 5.57. The number of thiazole rings is 1. The van der Waals surface area contributed by atoms with Crippen molar-refractivity contribution >= 4 is 38.9 Å². The van der Waals surface area contributed by atoms with E-state index in [1.807, 2.05) is 17.5 Å². The number of nitrogens with zero attached hydrogens (tertiary/aromatic N) is 4. The van der Waals surface area contributed by atoms with Gasteiger partial charge in [-0.05, 0) is 36.4 Å². The van der Waals surface area contributed by atoms with Gasteiger partial charge in [0.05, 0.1) is 17.0 Å². The van der Waals surface area contributed by atoms with Crippen LogP contribution in [-0.2, 0) is 21.2 Å². The van der Waals surface area contributed by atoms with Crippen molar-refractivity contribution in [1.29, 1.82) is 0 Å². The lowest BCUT2D eigenvalue weighted by Gasteiger charge is -2.34. The number of pyridine rings is 1. The monoisotopic (exact) mass is 462 g/mol. The first-order valence-electron chi connectivity index (χ1n) is 9.32. The molecule has 0 unspecified atom stereocenters. The summed E-state index contributed by atoms with van der Waals surface area (Å²) in [6.07, 6.45) is 3.64. The van der Waals surface area contributed by atoms with Crippen LogP contribution in [0, 0.1) is 0 Å². The number of hydrogen-bond donors (Lipinski definition) is 0. The van der Waals surface area contributed by atoms with Gasteiger partial charge in [-0.15, -0.1) is 11.3 Å². The zero-order valence-electron chi connectivity index (χ0n) is 15.9. The molecule has 7 nitrogen and oxygen atoms in total. The largest absolute Gasteiger partial charge is 0.340 e. The standard InChI is InChI=1S/C20H19ClN4O3S2/c21-16-3-5-18(6-4-16)30(27,28)25-10-8-24(9-11-25)19(26)12-17-14-29-20(23-17)15-2-1-7-22-13-15/h1-7,13-14H,8-12H2. The highest BCUT2D eigenvalue weighted by molar-refractivity contribution is 7.89. The summed E-state index contributed by atoms with van der Waals surface area (Å²) >= 11 is 7.32. The Kier molecular flexibility index (Phi) is 6.14. The SMILES string of the molecule is O=C(Cc1csc(-c2cccnc2)n1)N1CCN(S(=O)(=O)c2ccc(Cl)cc2)CC1. The number of hydrogen-bond acceptors (Lipinski definition) is 6. The van der Waals surface area contributed by atoms with Crippen molar-refractivity contribution in [2.45, 2.75) is 11.3 Å². The number of rotatable bonds is 5. The van der Waals surface area contributed by atoms with E-state index < -0.39 is 10.0 Å². The van der Waals surface area contributed by atoms with Crippen LogP contribution in [0.1, 0.15) is 5.69 Å². The van der Waals surface area contributed by atoms with Gasteiger partial charge in [0.25, 0.3) is 0 Å². The van der Waals surface area contributed by atoms with Gasteiger partial charge in [0.15, 0.2) is 0 Å². The van der Waals surface area contributed by atoms with E-state index >= 15 is 0 Å². The molecule has 0 bridgehead atoms. The van der Waals surface area contributed by atoms with Crippen LogP contribution in [-0.4, -0.2) is 59.7 Å². The van der Waals surface area contributed by atoms with E-state index in [1.165, 1.54) is 27.8 Å². The summed E-state index contributed by atoms with van der Waals surface area (Å²) in [6.45, 7) is 1.22. The molecule has 3 aromatic rings. The van der Waals surface area contributed by atoms with E-state index in [4.69, 9.17) is 11.6 Å². The van der Waals surface area contributed by atoms with Crippen LogP contribution in [0.15, 0.2) is 59.1 Å². The Morgan fingerprint density at radius 2 is 1.83 bits per heavy atom. The van der Waals surface area contributed by atoms with Crippen LogP contribution in [0.3, 0.4) is 0 Å². The molecule has 4 rings (SSSR count). The molecule has 1 amide bonds. The van der Waals surface area contributed by atoms with Crippen molar-refractivity contribution in [1.82, 2.24) is 19.2 Å². The van der Waals surface area contributed by atoms with Crippen molar-refractivity contribution in [3.63, 3.8) is 0 Å². The van der Waals surface area contributed by atoms with E-state index in [-0.39, 0.29) is 30.3 Å². The Morgan fingerprint density at radius 3 is 2.50 bits per heavy atom. The fourth-order valence-electron chi connectivity index (χ4n) is 3.21. The highest BCUT2D eigenvalue weighted by Crippen LogP contribution is 2.24. The number of aromatic nitrogens is 2. The summed E-state index contributed by atoms with van der Waals surface area (Å²) in [4.78, 5) is 23.2. The minimum Gasteiger partial charge on any atom is -0.340 e. The molecule has 0 radical (unpaired) electrons. The molecule has 1 saturated heterocycles. The second-order valence-electron chi connectivity index (χ2n) is 6.80. The number of halogens is 1. The Morgan fingerprint density at radius 1 is 1.10 bits per heavy atom. The first-order valence-corrected chi connectivity index (χ1v) is 12.0. The molecule has 1 fully saturated rings. The zero-order chi connectivity index (χ0) is 21.1. The number of carbonyl (C=O) groups is 1. The lowest BCUT2D eigenvalue weighted by atomic mass is 10.2. The molecule has 2 aromatic heterocycles. The second-order valence-corrected chi connectivity index (χ2v) is 10.0. The average molecular weight is 463 g/mol. The number of amides is 1. The third-order valence-corrected chi connectivity index (χ3v) is 7.94. The minimum absolute atomic E-state index is 0.0541. The molecule has 0 spiro atoms. The van der Waals surface area contributed by atoms with E-state index in [2.05, 4.69) is 9.97 Å². The lowest BCUT2D eigenvalue weighted by Crippen LogP contribution is -2.50. The maximum atomic E-state index is 12.8. The molecule has 1 aliphatic heterocycles. The first-order chi connectivity index (χ1) is 14.4. The highest BCUT2D eigenvalue weighted by atomic mass is 35.5. The Balaban J connectivity index is 1.36. The van der Waals surface area contributed by atoms with Gasteiger partial charge in [0.2, 0.25) is 15.9 Å². The zero-order valence-corrected chi connectivity index (χ0v) is 18.3. The van der Waals surface area contributed by atoms with Gasteiger partial charge in [0.1, 0.15) is 5.01 Å². The normalized spacial score (nSPS) is 15.3. The van der Waals surface area contributed by atoms with Crippen molar-refractivity contribution < 1.29 is 13.2 Å². The van der Waals surface area contributed by atoms with Crippen LogP contribution in [0.5, 0.6) is 0 Å². The van der Waals surface area contributed by atoms with Crippen LogP contribution < -0.4 is 0 Å². The molecule has 1 aromatic carbocycles. The number of carbonyl (C=O) groups excluding carboxylic acids is 1. The van der Waals surface area contributed by atoms with Gasteiger partial charge >= 0.3 is 0 Å². The average Bonchev–Trinajstić information content (AvgIpc) is 3.23. The van der Waals surface area contributed by atoms with E-state index in [0.717, 1.165) is 10.6 Å². The summed E-state index contributed by atoms with van der Waals surface area (Å²) in [6, 6.07) is 9.88. The van der Waals surface area contributed by atoms with Crippen LogP contribution >= 0.6 is 22.9 Å². The van der Waals surface area contributed by atoms with E-state index in [0.29, 0.717) is 23.8 Å². The molecule has 0 aliphatic carbocycles. The van der Waals surface area contributed by atoms with Gasteiger partial charge < -0.3 is 4.90 Å². The molecule has 0 saturated carbocycles. The van der Waals surface area contributed by atoms with E-state index in [9.17, 15) is 13.2 Å². The van der Waals surface area contributed by atoms with Crippen molar-refractivity contribution in [3.05, 3.63) is 64.9 Å². The molecule has 10 heteroatoms. The van der Waals surface area contributed by atoms with Crippen LogP contribution in [0.25, 0.3) is 10.6 Å². The number of benzene rings is 1. The van der Waals surface area contributed by atoms with Gasteiger partial charge in [0, 0.05) is 54.5 Å². The quantitative estimate of drug-likeness (QED) is 0.582.